The number of rotatable bonds is 5. The second-order valence-electron chi connectivity index (χ2n) is 5.59. The summed E-state index contributed by atoms with van der Waals surface area (Å²) in [4.78, 5) is 14.1. The van der Waals surface area contributed by atoms with E-state index in [0.29, 0.717) is 22.4 Å². The number of hydrogen-bond acceptors (Lipinski definition) is 3. The third kappa shape index (κ3) is 3.95. The third-order valence-electron chi connectivity index (χ3n) is 3.93. The van der Waals surface area contributed by atoms with E-state index in [-0.39, 0.29) is 5.91 Å². The molecule has 1 heterocycles. The Morgan fingerprint density at radius 3 is 2.69 bits per heavy atom. The minimum absolute atomic E-state index is 0.181. The Kier molecular flexibility index (Phi) is 5.71. The predicted octanol–water partition coefficient (Wildman–Crippen LogP) is 4.16. The summed E-state index contributed by atoms with van der Waals surface area (Å²) in [5, 5.41) is 3.93. The maximum absolute atomic E-state index is 12.6. The van der Waals surface area contributed by atoms with Crippen LogP contribution >= 0.6 is 23.8 Å². The monoisotopic (exact) mass is 384 g/mol. The molecule has 0 spiro atoms. The molecule has 1 aliphatic rings. The zero-order valence-corrected chi connectivity index (χ0v) is 15.7. The summed E-state index contributed by atoms with van der Waals surface area (Å²) in [6, 6.07) is 15.0. The number of halogens is 1. The first-order chi connectivity index (χ1) is 12.6. The summed E-state index contributed by atoms with van der Waals surface area (Å²) < 4.78 is 5.30. The minimum Gasteiger partial charge on any atom is -0.496 e. The number of hydrogen-bond donors (Lipinski definition) is 1. The van der Waals surface area contributed by atoms with Gasteiger partial charge in [-0.15, -0.1) is 0 Å². The topological polar surface area (TPSA) is 41.6 Å². The molecule has 4 nitrogen and oxygen atoms in total. The number of nitrogens with zero attached hydrogens (tertiary/aromatic N) is 1. The van der Waals surface area contributed by atoms with Gasteiger partial charge in [-0.2, -0.15) is 0 Å². The first-order valence-electron chi connectivity index (χ1n) is 7.98. The molecule has 0 radical (unpaired) electrons. The largest absolute Gasteiger partial charge is 0.496 e. The Bertz CT molecular complexity index is 908. The van der Waals surface area contributed by atoms with Gasteiger partial charge in [-0.05, 0) is 36.0 Å². The number of carbonyl (C=O) groups excluding carboxylic acids is 1. The van der Waals surface area contributed by atoms with Gasteiger partial charge in [-0.25, -0.2) is 0 Å². The Morgan fingerprint density at radius 2 is 1.92 bits per heavy atom. The molecule has 0 unspecified atom stereocenters. The van der Waals surface area contributed by atoms with E-state index in [1.165, 1.54) is 4.90 Å². The van der Waals surface area contributed by atoms with E-state index >= 15 is 0 Å². The van der Waals surface area contributed by atoms with Crippen LogP contribution in [-0.2, 0) is 11.3 Å². The molecule has 0 aromatic heterocycles. The molecule has 3 rings (SSSR count). The summed E-state index contributed by atoms with van der Waals surface area (Å²) in [5.74, 6) is 0.586. The quantitative estimate of drug-likeness (QED) is 0.620. The van der Waals surface area contributed by atoms with E-state index in [0.717, 1.165) is 16.9 Å². The number of benzene rings is 2. The third-order valence-corrected chi connectivity index (χ3v) is 4.62. The highest BCUT2D eigenvalue weighted by molar-refractivity contribution is 7.80. The van der Waals surface area contributed by atoms with Crippen molar-refractivity contribution < 1.29 is 9.53 Å². The molecule has 0 aliphatic carbocycles. The SMILES string of the molecule is COc1ccccc1/C=C/C=C1\NC(=S)N(Cc2ccccc2Cl)C1=O. The molecule has 0 bridgehead atoms. The highest BCUT2D eigenvalue weighted by Gasteiger charge is 2.30. The number of amides is 1. The average molecular weight is 385 g/mol. The molecule has 2 aromatic carbocycles. The van der Waals surface area contributed by atoms with E-state index in [1.54, 1.807) is 25.3 Å². The predicted molar refractivity (Wildman–Crippen MR) is 108 cm³/mol. The van der Waals surface area contributed by atoms with Gasteiger partial charge in [0, 0.05) is 10.6 Å². The molecule has 1 amide bonds. The lowest BCUT2D eigenvalue weighted by Gasteiger charge is -2.14. The summed E-state index contributed by atoms with van der Waals surface area (Å²) >= 11 is 11.5. The molecule has 0 saturated carbocycles. The van der Waals surface area contributed by atoms with Crippen LogP contribution in [0.2, 0.25) is 5.02 Å². The number of thiocarbonyl (C=S) groups is 1. The Labute approximate surface area is 162 Å². The Hall–Kier alpha value is -2.63. The molecule has 132 valence electrons. The first-order valence-corrected chi connectivity index (χ1v) is 8.76. The lowest BCUT2D eigenvalue weighted by Crippen LogP contribution is -2.30. The smallest absolute Gasteiger partial charge is 0.276 e. The van der Waals surface area contributed by atoms with Gasteiger partial charge in [0.2, 0.25) is 0 Å². The van der Waals surface area contributed by atoms with E-state index in [2.05, 4.69) is 5.32 Å². The van der Waals surface area contributed by atoms with Gasteiger partial charge in [0.05, 0.1) is 13.7 Å². The second-order valence-corrected chi connectivity index (χ2v) is 6.39. The van der Waals surface area contributed by atoms with Crippen LogP contribution in [0.5, 0.6) is 5.75 Å². The molecule has 2 aromatic rings. The molecule has 1 fully saturated rings. The number of para-hydroxylation sites is 1. The second kappa shape index (κ2) is 8.17. The van der Waals surface area contributed by atoms with Gasteiger partial charge in [0.25, 0.3) is 5.91 Å². The van der Waals surface area contributed by atoms with Crippen molar-refractivity contribution in [3.05, 3.63) is 82.5 Å². The average Bonchev–Trinajstić information content (AvgIpc) is 2.91. The maximum atomic E-state index is 12.6. The number of methoxy groups -OCH3 is 1. The summed E-state index contributed by atoms with van der Waals surface area (Å²) in [6.07, 6.45) is 5.37. The lowest BCUT2D eigenvalue weighted by atomic mass is 10.2. The fourth-order valence-corrected chi connectivity index (χ4v) is 3.03. The van der Waals surface area contributed by atoms with Crippen LogP contribution in [0.4, 0.5) is 0 Å². The number of ether oxygens (including phenoxy) is 1. The standard InChI is InChI=1S/C20H17ClN2O2S/c1-25-18-12-5-3-7-14(18)9-6-11-17-19(24)23(20(26)22-17)13-15-8-2-4-10-16(15)21/h2-12H,13H2,1H3,(H,22,26)/b9-6+,17-11-. The molecular weight excluding hydrogens is 368 g/mol. The Morgan fingerprint density at radius 1 is 1.19 bits per heavy atom. The molecular formula is C20H17ClN2O2S. The zero-order valence-electron chi connectivity index (χ0n) is 14.1. The van der Waals surface area contributed by atoms with Crippen LogP contribution < -0.4 is 10.1 Å². The van der Waals surface area contributed by atoms with Crippen molar-refractivity contribution in [2.75, 3.05) is 7.11 Å². The maximum Gasteiger partial charge on any atom is 0.276 e. The van der Waals surface area contributed by atoms with Gasteiger partial charge in [0.15, 0.2) is 5.11 Å². The molecule has 0 atom stereocenters. The van der Waals surface area contributed by atoms with Crippen molar-refractivity contribution >= 4 is 40.9 Å². The first kappa shape index (κ1) is 18.2. The van der Waals surface area contributed by atoms with Crippen molar-refractivity contribution in [3.63, 3.8) is 0 Å². The fourth-order valence-electron chi connectivity index (χ4n) is 2.58. The van der Waals surface area contributed by atoms with E-state index < -0.39 is 0 Å². The number of carbonyl (C=O) groups is 1. The number of nitrogens with one attached hydrogen (secondary N) is 1. The van der Waals surface area contributed by atoms with Crippen molar-refractivity contribution in [1.82, 2.24) is 10.2 Å². The van der Waals surface area contributed by atoms with E-state index in [1.807, 2.05) is 48.5 Å². The van der Waals surface area contributed by atoms with Crippen LogP contribution in [0.3, 0.4) is 0 Å². The highest BCUT2D eigenvalue weighted by Crippen LogP contribution is 2.21. The van der Waals surface area contributed by atoms with Gasteiger partial charge in [-0.1, -0.05) is 60.2 Å². The molecule has 1 N–H and O–H groups in total. The van der Waals surface area contributed by atoms with Crippen LogP contribution in [0.25, 0.3) is 6.08 Å². The summed E-state index contributed by atoms with van der Waals surface area (Å²) in [5.41, 5.74) is 2.19. The van der Waals surface area contributed by atoms with Crippen LogP contribution in [0.15, 0.2) is 66.4 Å². The van der Waals surface area contributed by atoms with E-state index in [4.69, 9.17) is 28.6 Å². The molecule has 6 heteroatoms. The van der Waals surface area contributed by atoms with Crippen molar-refractivity contribution in [2.24, 2.45) is 0 Å². The Balaban J connectivity index is 1.75. The van der Waals surface area contributed by atoms with Crippen LogP contribution in [-0.4, -0.2) is 23.0 Å². The minimum atomic E-state index is -0.181. The van der Waals surface area contributed by atoms with Gasteiger partial charge < -0.3 is 10.1 Å². The van der Waals surface area contributed by atoms with Crippen LogP contribution in [0, 0.1) is 0 Å². The van der Waals surface area contributed by atoms with Gasteiger partial charge >= 0.3 is 0 Å². The molecule has 1 aliphatic heterocycles. The summed E-state index contributed by atoms with van der Waals surface area (Å²) in [6.45, 7) is 0.331. The molecule has 26 heavy (non-hydrogen) atoms. The van der Waals surface area contributed by atoms with Crippen LogP contribution in [0.1, 0.15) is 11.1 Å². The van der Waals surface area contributed by atoms with Gasteiger partial charge in [-0.3, -0.25) is 9.69 Å². The normalized spacial score (nSPS) is 15.8. The van der Waals surface area contributed by atoms with E-state index in [9.17, 15) is 4.79 Å². The van der Waals surface area contributed by atoms with Gasteiger partial charge in [0.1, 0.15) is 11.4 Å². The number of allylic oxidation sites excluding steroid dienone is 2. The molecule has 1 saturated heterocycles. The van der Waals surface area contributed by atoms with Crippen molar-refractivity contribution in [2.45, 2.75) is 6.54 Å². The highest BCUT2D eigenvalue weighted by atomic mass is 35.5. The lowest BCUT2D eigenvalue weighted by molar-refractivity contribution is -0.122. The van der Waals surface area contributed by atoms with Crippen molar-refractivity contribution in [3.8, 4) is 5.75 Å². The summed E-state index contributed by atoms with van der Waals surface area (Å²) in [7, 11) is 1.62. The van der Waals surface area contributed by atoms with Crippen molar-refractivity contribution in [1.29, 1.82) is 0 Å². The fraction of sp³-hybridized carbons (Fsp3) is 0.100. The zero-order chi connectivity index (χ0) is 18.5.